The molecule has 0 heterocycles. The minimum absolute atomic E-state index is 0.116. The minimum atomic E-state index is -4.00. The van der Waals surface area contributed by atoms with E-state index in [1.807, 2.05) is 0 Å². The van der Waals surface area contributed by atoms with Crippen LogP contribution < -0.4 is 4.72 Å². The topological polar surface area (TPSA) is 66.4 Å². The quantitative estimate of drug-likeness (QED) is 0.904. The molecule has 0 amide bonds. The van der Waals surface area contributed by atoms with E-state index in [1.165, 1.54) is 18.2 Å². The van der Waals surface area contributed by atoms with Crippen molar-refractivity contribution in [2.24, 2.45) is 0 Å². The summed E-state index contributed by atoms with van der Waals surface area (Å²) in [4.78, 5) is -0.152. The van der Waals surface area contributed by atoms with E-state index in [9.17, 15) is 17.2 Å². The van der Waals surface area contributed by atoms with Gasteiger partial charge in [0.25, 0.3) is 10.0 Å². The van der Waals surface area contributed by atoms with Gasteiger partial charge in [0.15, 0.2) is 11.6 Å². The summed E-state index contributed by atoms with van der Waals surface area (Å²) in [6, 6.07) is 6.41. The van der Waals surface area contributed by atoms with Crippen LogP contribution in [0.5, 0.6) is 0 Å². The Kier molecular flexibility index (Phi) is 4.46. The van der Waals surface area contributed by atoms with Crippen LogP contribution in [0, 0.1) is 11.6 Å². The van der Waals surface area contributed by atoms with Crippen molar-refractivity contribution in [1.82, 2.24) is 0 Å². The van der Waals surface area contributed by atoms with E-state index in [4.69, 9.17) is 16.7 Å². The van der Waals surface area contributed by atoms with Gasteiger partial charge in [-0.05, 0) is 35.9 Å². The van der Waals surface area contributed by atoms with Gasteiger partial charge in [-0.15, -0.1) is 0 Å². The zero-order chi connectivity index (χ0) is 15.6. The largest absolute Gasteiger partial charge is 0.392 e. The van der Waals surface area contributed by atoms with Crippen LogP contribution in [0.25, 0.3) is 0 Å². The molecule has 0 aliphatic heterocycles. The second kappa shape index (κ2) is 5.97. The highest BCUT2D eigenvalue weighted by atomic mass is 35.5. The summed E-state index contributed by atoms with van der Waals surface area (Å²) in [6.45, 7) is -0.423. The lowest BCUT2D eigenvalue weighted by Crippen LogP contribution is -2.13. The number of sulfonamides is 1. The molecule has 8 heteroatoms. The first-order chi connectivity index (χ1) is 9.83. The van der Waals surface area contributed by atoms with Gasteiger partial charge in [-0.2, -0.15) is 0 Å². The van der Waals surface area contributed by atoms with Gasteiger partial charge in [0, 0.05) is 11.1 Å². The first kappa shape index (κ1) is 15.7. The molecule has 4 nitrogen and oxygen atoms in total. The van der Waals surface area contributed by atoms with Gasteiger partial charge < -0.3 is 5.11 Å². The van der Waals surface area contributed by atoms with Gasteiger partial charge in [0.05, 0.1) is 17.2 Å². The average molecular weight is 334 g/mol. The van der Waals surface area contributed by atoms with Crippen molar-refractivity contribution in [1.29, 1.82) is 0 Å². The van der Waals surface area contributed by atoms with E-state index in [0.717, 1.165) is 18.2 Å². The molecule has 0 atom stereocenters. The molecule has 2 N–H and O–H groups in total. The van der Waals surface area contributed by atoms with Gasteiger partial charge in [-0.1, -0.05) is 11.6 Å². The van der Waals surface area contributed by atoms with Crippen LogP contribution in [0.15, 0.2) is 41.3 Å². The predicted octanol–water partition coefficient (Wildman–Crippen LogP) is 2.91. The van der Waals surface area contributed by atoms with Crippen LogP contribution in [0.4, 0.5) is 14.5 Å². The Morgan fingerprint density at radius 3 is 2.43 bits per heavy atom. The predicted molar refractivity (Wildman–Crippen MR) is 74.5 cm³/mol. The van der Waals surface area contributed by atoms with Crippen LogP contribution in [-0.2, 0) is 16.6 Å². The lowest BCUT2D eigenvalue weighted by molar-refractivity contribution is 0.281. The van der Waals surface area contributed by atoms with Crippen LogP contribution in [0.1, 0.15) is 5.56 Å². The maximum atomic E-state index is 13.1. The SMILES string of the molecule is O=S(=O)(Nc1ccc(F)c(F)c1)c1ccc(Cl)c(CO)c1. The van der Waals surface area contributed by atoms with Crippen molar-refractivity contribution in [2.45, 2.75) is 11.5 Å². The number of halogens is 3. The van der Waals surface area contributed by atoms with E-state index < -0.39 is 28.3 Å². The molecule has 0 bridgehead atoms. The lowest BCUT2D eigenvalue weighted by Gasteiger charge is -2.10. The highest BCUT2D eigenvalue weighted by Crippen LogP contribution is 2.23. The molecule has 0 unspecified atom stereocenters. The number of nitrogens with one attached hydrogen (secondary N) is 1. The highest BCUT2D eigenvalue weighted by Gasteiger charge is 2.16. The van der Waals surface area contributed by atoms with Crippen molar-refractivity contribution >= 4 is 27.3 Å². The number of rotatable bonds is 4. The summed E-state index contributed by atoms with van der Waals surface area (Å²) < 4.78 is 52.2. The molecule has 0 spiro atoms. The number of aliphatic hydroxyl groups excluding tert-OH is 1. The normalized spacial score (nSPS) is 11.4. The molecule has 2 aromatic carbocycles. The summed E-state index contributed by atoms with van der Waals surface area (Å²) in [5.41, 5.74) is 0.124. The molecule has 0 aliphatic carbocycles. The third-order valence-corrected chi connectivity index (χ3v) is 4.42. The summed E-state index contributed by atoms with van der Waals surface area (Å²) in [7, 11) is -4.00. The Balaban J connectivity index is 2.35. The fourth-order valence-corrected chi connectivity index (χ4v) is 2.89. The van der Waals surface area contributed by atoms with E-state index in [2.05, 4.69) is 4.72 Å². The number of aliphatic hydroxyl groups is 1. The lowest BCUT2D eigenvalue weighted by atomic mass is 10.2. The Labute approximate surface area is 125 Å². The zero-order valence-corrected chi connectivity index (χ0v) is 12.0. The standard InChI is InChI=1S/C13H10ClF2NO3S/c14-11-3-2-10(5-8(11)7-18)21(19,20)17-9-1-4-12(15)13(16)6-9/h1-6,17-18H,7H2. The van der Waals surface area contributed by atoms with Crippen molar-refractivity contribution in [2.75, 3.05) is 4.72 Å². The molecule has 0 saturated heterocycles. The minimum Gasteiger partial charge on any atom is -0.392 e. The first-order valence-electron chi connectivity index (χ1n) is 5.70. The number of hydrogen-bond acceptors (Lipinski definition) is 3. The molecule has 21 heavy (non-hydrogen) atoms. The molecule has 0 fully saturated rings. The van der Waals surface area contributed by atoms with Crippen LogP contribution in [0.3, 0.4) is 0 Å². The molecule has 0 radical (unpaired) electrons. The van der Waals surface area contributed by atoms with Crippen molar-refractivity contribution in [3.8, 4) is 0 Å². The van der Waals surface area contributed by atoms with E-state index in [-0.39, 0.29) is 21.2 Å². The fraction of sp³-hybridized carbons (Fsp3) is 0.0769. The smallest absolute Gasteiger partial charge is 0.261 e. The van der Waals surface area contributed by atoms with Gasteiger partial charge in [0.1, 0.15) is 0 Å². The monoisotopic (exact) mass is 333 g/mol. The summed E-state index contributed by atoms with van der Waals surface area (Å²) in [5.74, 6) is -2.24. The molecule has 0 saturated carbocycles. The first-order valence-corrected chi connectivity index (χ1v) is 7.57. The van der Waals surface area contributed by atoms with E-state index in [1.54, 1.807) is 0 Å². The number of benzene rings is 2. The second-order valence-electron chi connectivity index (χ2n) is 4.15. The second-order valence-corrected chi connectivity index (χ2v) is 6.24. The number of hydrogen-bond donors (Lipinski definition) is 2. The maximum absolute atomic E-state index is 13.1. The zero-order valence-electron chi connectivity index (χ0n) is 10.5. The number of anilines is 1. The van der Waals surface area contributed by atoms with Crippen molar-refractivity contribution in [3.05, 3.63) is 58.6 Å². The molecule has 112 valence electrons. The summed E-state index contributed by atoms with van der Waals surface area (Å²) in [6.07, 6.45) is 0. The maximum Gasteiger partial charge on any atom is 0.261 e. The summed E-state index contributed by atoms with van der Waals surface area (Å²) in [5, 5.41) is 9.30. The Bertz CT molecular complexity index is 781. The molecule has 2 aromatic rings. The molecular formula is C13H10ClF2NO3S. The van der Waals surface area contributed by atoms with Gasteiger partial charge in [-0.25, -0.2) is 17.2 Å². The highest BCUT2D eigenvalue weighted by molar-refractivity contribution is 7.92. The Morgan fingerprint density at radius 1 is 1.10 bits per heavy atom. The molecular weight excluding hydrogens is 324 g/mol. The molecule has 0 aliphatic rings. The van der Waals surface area contributed by atoms with Crippen LogP contribution >= 0.6 is 11.6 Å². The summed E-state index contributed by atoms with van der Waals surface area (Å²) >= 11 is 5.78. The van der Waals surface area contributed by atoms with Crippen LogP contribution in [-0.4, -0.2) is 13.5 Å². The van der Waals surface area contributed by atoms with Gasteiger partial charge in [0.2, 0.25) is 0 Å². The van der Waals surface area contributed by atoms with Crippen molar-refractivity contribution in [3.63, 3.8) is 0 Å². The average Bonchev–Trinajstić information content (AvgIpc) is 2.43. The Hall–Kier alpha value is -1.70. The van der Waals surface area contributed by atoms with Gasteiger partial charge in [-0.3, -0.25) is 4.72 Å². The third kappa shape index (κ3) is 3.49. The van der Waals surface area contributed by atoms with E-state index >= 15 is 0 Å². The molecule has 2 rings (SSSR count). The Morgan fingerprint density at radius 2 is 1.81 bits per heavy atom. The molecule has 0 aromatic heterocycles. The van der Waals surface area contributed by atoms with Crippen LogP contribution in [0.2, 0.25) is 5.02 Å². The van der Waals surface area contributed by atoms with E-state index in [0.29, 0.717) is 0 Å². The third-order valence-electron chi connectivity index (χ3n) is 2.67. The van der Waals surface area contributed by atoms with Gasteiger partial charge >= 0.3 is 0 Å². The fourth-order valence-electron chi connectivity index (χ4n) is 1.61. The van der Waals surface area contributed by atoms with Crippen molar-refractivity contribution < 1.29 is 22.3 Å².